The summed E-state index contributed by atoms with van der Waals surface area (Å²) < 4.78 is 5.85. The van der Waals surface area contributed by atoms with E-state index in [2.05, 4.69) is 32.9 Å². The number of rotatable bonds is 4. The van der Waals surface area contributed by atoms with E-state index >= 15 is 0 Å². The van der Waals surface area contributed by atoms with Gasteiger partial charge in [0.25, 0.3) is 0 Å². The summed E-state index contributed by atoms with van der Waals surface area (Å²) in [6.45, 7) is 2.85. The van der Waals surface area contributed by atoms with Crippen LogP contribution in [0, 0.1) is 0 Å². The molecular formula is C14H22N4OS. The van der Waals surface area contributed by atoms with Crippen molar-refractivity contribution in [3.63, 3.8) is 0 Å². The molecule has 0 saturated carbocycles. The number of aromatic nitrogens is 1. The highest BCUT2D eigenvalue weighted by molar-refractivity contribution is 7.09. The van der Waals surface area contributed by atoms with Gasteiger partial charge in [-0.2, -0.15) is 0 Å². The van der Waals surface area contributed by atoms with Crippen LogP contribution in [0.1, 0.15) is 36.9 Å². The minimum absolute atomic E-state index is 0.365. The van der Waals surface area contributed by atoms with Gasteiger partial charge in [0.05, 0.1) is 35.5 Å². The third-order valence-electron chi connectivity index (χ3n) is 3.99. The van der Waals surface area contributed by atoms with Gasteiger partial charge in [-0.3, -0.25) is 4.99 Å². The molecule has 2 aliphatic rings. The van der Waals surface area contributed by atoms with Gasteiger partial charge in [-0.15, -0.1) is 11.3 Å². The Morgan fingerprint density at radius 2 is 2.45 bits per heavy atom. The Morgan fingerprint density at radius 1 is 1.55 bits per heavy atom. The summed E-state index contributed by atoms with van der Waals surface area (Å²) in [5.41, 5.74) is 1.08. The molecule has 3 heterocycles. The predicted octanol–water partition coefficient (Wildman–Crippen LogP) is 1.69. The average Bonchev–Trinajstić information content (AvgIpc) is 3.19. The Labute approximate surface area is 123 Å². The van der Waals surface area contributed by atoms with Crippen LogP contribution in [0.5, 0.6) is 0 Å². The second kappa shape index (κ2) is 6.10. The highest BCUT2D eigenvalue weighted by atomic mass is 32.1. The number of thiazole rings is 1. The molecule has 0 aliphatic carbocycles. The fourth-order valence-corrected chi connectivity index (χ4v) is 3.67. The maximum absolute atomic E-state index is 5.85. The molecule has 0 amide bonds. The first kappa shape index (κ1) is 13.8. The van der Waals surface area contributed by atoms with E-state index in [0.717, 1.165) is 31.0 Å². The van der Waals surface area contributed by atoms with Crippen LogP contribution in [0.2, 0.25) is 0 Å². The number of aryl methyl sites for hydroxylation is 1. The Balaban J connectivity index is 1.50. The SMILES string of the molecule is CCc1nc(CNC(=NC)NC2CC3CCC2O3)cs1. The lowest BCUT2D eigenvalue weighted by Crippen LogP contribution is -2.47. The number of aliphatic imine (C=N–C) groups is 1. The number of fused-ring (bicyclic) bond motifs is 2. The van der Waals surface area contributed by atoms with Gasteiger partial charge in [0.15, 0.2) is 5.96 Å². The monoisotopic (exact) mass is 294 g/mol. The second-order valence-electron chi connectivity index (χ2n) is 5.37. The molecule has 2 bridgehead atoms. The molecule has 3 rings (SSSR count). The van der Waals surface area contributed by atoms with Crippen molar-refractivity contribution in [1.82, 2.24) is 15.6 Å². The first-order valence-corrected chi connectivity index (χ1v) is 8.22. The smallest absolute Gasteiger partial charge is 0.191 e. The molecule has 0 aromatic carbocycles. The van der Waals surface area contributed by atoms with E-state index in [9.17, 15) is 0 Å². The number of ether oxygens (including phenoxy) is 1. The van der Waals surface area contributed by atoms with Crippen LogP contribution in [0.25, 0.3) is 0 Å². The molecule has 0 radical (unpaired) electrons. The van der Waals surface area contributed by atoms with Crippen LogP contribution in [-0.4, -0.2) is 36.2 Å². The fourth-order valence-electron chi connectivity index (χ4n) is 2.93. The van der Waals surface area contributed by atoms with Gasteiger partial charge in [0, 0.05) is 12.4 Å². The van der Waals surface area contributed by atoms with Crippen molar-refractivity contribution in [1.29, 1.82) is 0 Å². The zero-order chi connectivity index (χ0) is 13.9. The minimum Gasteiger partial charge on any atom is -0.373 e. The van der Waals surface area contributed by atoms with Crippen LogP contribution in [0.4, 0.5) is 0 Å². The van der Waals surface area contributed by atoms with E-state index in [1.807, 2.05) is 7.05 Å². The molecule has 3 atom stereocenters. The molecule has 0 spiro atoms. The summed E-state index contributed by atoms with van der Waals surface area (Å²) in [4.78, 5) is 8.85. The van der Waals surface area contributed by atoms with Crippen molar-refractivity contribution >= 4 is 17.3 Å². The lowest BCUT2D eigenvalue weighted by atomic mass is 9.96. The van der Waals surface area contributed by atoms with Gasteiger partial charge in [-0.1, -0.05) is 6.92 Å². The molecule has 20 heavy (non-hydrogen) atoms. The topological polar surface area (TPSA) is 58.5 Å². The van der Waals surface area contributed by atoms with Gasteiger partial charge in [-0.05, 0) is 25.7 Å². The lowest BCUT2D eigenvalue weighted by Gasteiger charge is -2.22. The van der Waals surface area contributed by atoms with Gasteiger partial charge in [0.1, 0.15) is 0 Å². The van der Waals surface area contributed by atoms with Crippen LogP contribution in [0.15, 0.2) is 10.4 Å². The normalized spacial score (nSPS) is 28.9. The third kappa shape index (κ3) is 2.96. The number of hydrogen-bond acceptors (Lipinski definition) is 4. The molecule has 3 unspecified atom stereocenters. The molecule has 1 aromatic rings. The molecule has 1 aromatic heterocycles. The average molecular weight is 294 g/mol. The molecule has 110 valence electrons. The van der Waals surface area contributed by atoms with Crippen molar-refractivity contribution in [2.24, 2.45) is 4.99 Å². The summed E-state index contributed by atoms with van der Waals surface area (Å²) >= 11 is 1.72. The zero-order valence-corrected chi connectivity index (χ0v) is 12.9. The van der Waals surface area contributed by atoms with Gasteiger partial charge >= 0.3 is 0 Å². The van der Waals surface area contributed by atoms with Crippen LogP contribution >= 0.6 is 11.3 Å². The van der Waals surface area contributed by atoms with Crippen LogP contribution in [0.3, 0.4) is 0 Å². The molecule has 2 aliphatic heterocycles. The summed E-state index contributed by atoms with van der Waals surface area (Å²) in [6.07, 6.45) is 5.31. The molecule has 2 saturated heterocycles. The Morgan fingerprint density at radius 3 is 3.05 bits per heavy atom. The van der Waals surface area contributed by atoms with Gasteiger partial charge < -0.3 is 15.4 Å². The third-order valence-corrected chi connectivity index (χ3v) is 5.03. The number of nitrogens with one attached hydrogen (secondary N) is 2. The zero-order valence-electron chi connectivity index (χ0n) is 12.1. The van der Waals surface area contributed by atoms with Crippen molar-refractivity contribution < 1.29 is 4.74 Å². The first-order chi connectivity index (χ1) is 9.78. The maximum atomic E-state index is 5.85. The van der Waals surface area contributed by atoms with E-state index in [1.54, 1.807) is 11.3 Å². The van der Waals surface area contributed by atoms with Crippen molar-refractivity contribution in [2.75, 3.05) is 7.05 Å². The van der Waals surface area contributed by atoms with Crippen molar-refractivity contribution in [3.05, 3.63) is 16.1 Å². The standard InChI is InChI=1S/C14H22N4OS/c1-3-13-17-9(8-20-13)7-16-14(15-2)18-11-6-10-4-5-12(11)19-10/h8,10-12H,3-7H2,1-2H3,(H2,15,16,18). The van der Waals surface area contributed by atoms with Crippen LogP contribution < -0.4 is 10.6 Å². The van der Waals surface area contributed by atoms with E-state index in [1.165, 1.54) is 17.8 Å². The quantitative estimate of drug-likeness (QED) is 0.655. The van der Waals surface area contributed by atoms with E-state index < -0.39 is 0 Å². The summed E-state index contributed by atoms with van der Waals surface area (Å²) in [6, 6.07) is 0.404. The first-order valence-electron chi connectivity index (χ1n) is 7.34. The van der Waals surface area contributed by atoms with Gasteiger partial charge in [0.2, 0.25) is 0 Å². The number of hydrogen-bond donors (Lipinski definition) is 2. The molecule has 6 heteroatoms. The number of nitrogens with zero attached hydrogens (tertiary/aromatic N) is 2. The Hall–Kier alpha value is -1.14. The largest absolute Gasteiger partial charge is 0.373 e. The summed E-state index contributed by atoms with van der Waals surface area (Å²) in [5.74, 6) is 0.845. The molecule has 5 nitrogen and oxygen atoms in total. The fraction of sp³-hybridized carbons (Fsp3) is 0.714. The second-order valence-corrected chi connectivity index (χ2v) is 6.31. The predicted molar refractivity (Wildman–Crippen MR) is 81.1 cm³/mol. The highest BCUT2D eigenvalue weighted by Gasteiger charge is 2.41. The van der Waals surface area contributed by atoms with E-state index in [-0.39, 0.29) is 0 Å². The van der Waals surface area contributed by atoms with Gasteiger partial charge in [-0.25, -0.2) is 4.98 Å². The van der Waals surface area contributed by atoms with Crippen molar-refractivity contribution in [2.45, 2.75) is 57.4 Å². The Kier molecular flexibility index (Phi) is 4.21. The van der Waals surface area contributed by atoms with E-state index in [0.29, 0.717) is 18.2 Å². The molecular weight excluding hydrogens is 272 g/mol. The summed E-state index contributed by atoms with van der Waals surface area (Å²) in [7, 11) is 1.81. The minimum atomic E-state index is 0.365. The molecule has 2 N–H and O–H groups in total. The number of guanidine groups is 1. The lowest BCUT2D eigenvalue weighted by molar-refractivity contribution is 0.0992. The van der Waals surface area contributed by atoms with Crippen molar-refractivity contribution in [3.8, 4) is 0 Å². The van der Waals surface area contributed by atoms with Crippen LogP contribution in [-0.2, 0) is 17.7 Å². The maximum Gasteiger partial charge on any atom is 0.191 e. The molecule has 2 fully saturated rings. The summed E-state index contributed by atoms with van der Waals surface area (Å²) in [5, 5.41) is 10.1. The highest BCUT2D eigenvalue weighted by Crippen LogP contribution is 2.34. The van der Waals surface area contributed by atoms with E-state index in [4.69, 9.17) is 4.74 Å². The Bertz CT molecular complexity index is 487.